The molecule has 4 aliphatic carbocycles. The minimum Gasteiger partial charge on any atom is -0.444 e. The summed E-state index contributed by atoms with van der Waals surface area (Å²) < 4.78 is 14.6. The Balaban J connectivity index is 0.000000129. The Morgan fingerprint density at radius 1 is 0.457 bits per heavy atom. The molecule has 22 heteroatoms. The van der Waals surface area contributed by atoms with Crippen molar-refractivity contribution in [3.8, 4) is 31.7 Å². The number of nitrogens with zero attached hydrogens (tertiary/aromatic N) is 4. The van der Waals surface area contributed by atoms with Crippen LogP contribution >= 0.6 is 68.0 Å². The predicted octanol–water partition coefficient (Wildman–Crippen LogP) is 16.2. The number of carbonyl (C=O) groups excluding carboxylic acids is 4. The van der Waals surface area contributed by atoms with Gasteiger partial charge in [-0.15, -0.1) is 68.0 Å². The van der Waals surface area contributed by atoms with E-state index in [-0.39, 0.29) is 23.8 Å². The minimum atomic E-state index is -0.465. The summed E-state index contributed by atoms with van der Waals surface area (Å²) in [6.07, 6.45) is 20.0. The van der Waals surface area contributed by atoms with Crippen molar-refractivity contribution in [1.82, 2.24) is 35.8 Å². The van der Waals surface area contributed by atoms with Crippen LogP contribution in [0.4, 0.5) is 19.8 Å². The molecule has 4 amide bonds. The molecule has 3 unspecified atom stereocenters. The number of nitrogens with one attached hydrogen (secondary N) is 6. The zero-order valence-electron chi connectivity index (χ0n) is 54.6. The van der Waals surface area contributed by atoms with E-state index in [1.165, 1.54) is 72.8 Å². The predicted molar refractivity (Wildman–Crippen MR) is 390 cm³/mol. The van der Waals surface area contributed by atoms with Gasteiger partial charge in [0.25, 0.3) is 0 Å². The molecule has 9 aromatic rings. The molecule has 0 radical (unpaired) electrons. The maximum absolute atomic E-state index is 12.4. The van der Waals surface area contributed by atoms with E-state index in [9.17, 15) is 19.2 Å². The fourth-order valence-corrected chi connectivity index (χ4v) is 21.7. The van der Waals surface area contributed by atoms with Gasteiger partial charge in [-0.3, -0.25) is 14.4 Å². The van der Waals surface area contributed by atoms with Crippen molar-refractivity contribution in [3.63, 3.8) is 0 Å². The van der Waals surface area contributed by atoms with Gasteiger partial charge >= 0.3 is 6.09 Å². The fraction of sp³-hybridized carbons (Fsp3) is 0.486. The Bertz CT molecular complexity index is 3910. The summed E-state index contributed by atoms with van der Waals surface area (Å²) in [4.78, 5) is 68.8. The van der Waals surface area contributed by atoms with Gasteiger partial charge in [0.1, 0.15) is 35.6 Å². The second kappa shape index (κ2) is 29.7. The number of rotatable bonds is 12. The number of likely N-dealkylation sites (tertiary alicyclic amines) is 1. The Hall–Kier alpha value is -6.05. The molecule has 2 aliphatic heterocycles. The number of hydrogen-bond acceptors (Lipinski definition) is 18. The molecule has 8 heterocycles. The normalized spacial score (nSPS) is 19.5. The molecule has 3 fully saturated rings. The maximum Gasteiger partial charge on any atom is 0.410 e. The van der Waals surface area contributed by atoms with Crippen molar-refractivity contribution in [2.75, 3.05) is 42.3 Å². The van der Waals surface area contributed by atoms with Gasteiger partial charge in [0.15, 0.2) is 0 Å². The van der Waals surface area contributed by atoms with Crippen LogP contribution in [0.3, 0.4) is 0 Å². The molecular formula is C72H86N10O6S6. The Labute approximate surface area is 574 Å². The monoisotopic (exact) mass is 1380 g/mol. The van der Waals surface area contributed by atoms with Crippen LogP contribution in [-0.2, 0) is 62.4 Å². The number of hydrogen-bond donors (Lipinski definition) is 6. The first-order valence-electron chi connectivity index (χ1n) is 33.7. The number of benzene rings is 3. The van der Waals surface area contributed by atoms with E-state index in [0.717, 1.165) is 178 Å². The molecule has 16 nitrogen and oxygen atoms in total. The lowest BCUT2D eigenvalue weighted by atomic mass is 9.89. The lowest BCUT2D eigenvalue weighted by molar-refractivity contribution is -0.115. The summed E-state index contributed by atoms with van der Waals surface area (Å²) in [5.41, 5.74) is 10.1. The molecule has 6 aliphatic rings. The summed E-state index contributed by atoms with van der Waals surface area (Å²) in [6, 6.07) is 27.8. The van der Waals surface area contributed by atoms with Crippen LogP contribution in [-0.4, -0.2) is 112 Å². The second-order valence-electron chi connectivity index (χ2n) is 26.9. The lowest BCUT2D eigenvalue weighted by Gasteiger charge is -2.36. The number of fused-ring (bicyclic) bond motifs is 6. The summed E-state index contributed by atoms with van der Waals surface area (Å²) in [6.45, 7) is 13.6. The van der Waals surface area contributed by atoms with Crippen molar-refractivity contribution in [2.45, 2.75) is 199 Å². The molecule has 6 N–H and O–H groups in total. The zero-order valence-corrected chi connectivity index (χ0v) is 59.5. The quantitative estimate of drug-likeness (QED) is 0.0677. The molecule has 0 spiro atoms. The van der Waals surface area contributed by atoms with Gasteiger partial charge in [-0.25, -0.2) is 19.7 Å². The van der Waals surface area contributed by atoms with E-state index in [4.69, 9.17) is 24.4 Å². The third-order valence-corrected chi connectivity index (χ3v) is 25.2. The van der Waals surface area contributed by atoms with Crippen LogP contribution in [0.2, 0.25) is 0 Å². The number of carbonyl (C=O) groups is 4. The van der Waals surface area contributed by atoms with Crippen molar-refractivity contribution in [1.29, 1.82) is 0 Å². The first kappa shape index (κ1) is 66.6. The topological polar surface area (TPSA) is 201 Å². The third-order valence-electron chi connectivity index (χ3n) is 18.6. The van der Waals surface area contributed by atoms with Crippen LogP contribution in [0.25, 0.3) is 62.4 Å². The van der Waals surface area contributed by atoms with Gasteiger partial charge in [0.2, 0.25) is 17.7 Å². The third kappa shape index (κ3) is 16.0. The molecule has 6 aromatic heterocycles. The van der Waals surface area contributed by atoms with Crippen LogP contribution in [0.5, 0.6) is 0 Å². The number of thiophene rings is 3. The summed E-state index contributed by atoms with van der Waals surface area (Å²) >= 11 is 10.3. The number of amides is 4. The second-order valence-corrected chi connectivity index (χ2v) is 33.3. The fourth-order valence-electron chi connectivity index (χ4n) is 14.2. The van der Waals surface area contributed by atoms with Gasteiger partial charge in [-0.1, -0.05) is 55.7 Å². The van der Waals surface area contributed by atoms with Crippen molar-refractivity contribution in [2.24, 2.45) is 0 Å². The van der Waals surface area contributed by atoms with E-state index in [1.807, 2.05) is 56.0 Å². The van der Waals surface area contributed by atoms with Crippen molar-refractivity contribution < 1.29 is 28.7 Å². The highest BCUT2D eigenvalue weighted by Crippen LogP contribution is 2.50. The van der Waals surface area contributed by atoms with Gasteiger partial charge in [0.05, 0.1) is 30.6 Å². The average Bonchev–Trinajstić information content (AvgIpc) is 1.63. The van der Waals surface area contributed by atoms with Crippen LogP contribution in [0, 0.1) is 0 Å². The number of aromatic nitrogens is 3. The Morgan fingerprint density at radius 3 is 1.16 bits per heavy atom. The van der Waals surface area contributed by atoms with Gasteiger partial charge in [0, 0.05) is 115 Å². The highest BCUT2D eigenvalue weighted by molar-refractivity contribution is 7.24. The van der Waals surface area contributed by atoms with Crippen LogP contribution in [0.1, 0.15) is 150 Å². The number of para-hydroxylation sites is 3. The van der Waals surface area contributed by atoms with E-state index in [1.54, 1.807) is 88.8 Å². The van der Waals surface area contributed by atoms with E-state index >= 15 is 0 Å². The highest BCUT2D eigenvalue weighted by Gasteiger charge is 2.35. The standard InChI is InChI=1S/C27H34N4O3S2.C23H27N3OS2.C22H25N3O2S2/c1-16(32)28-24-23(25-30-20-7-5-6-8-21(20)35-25)19-10-9-18(15-22(19)36-24)29-17-11-13-31(14-12-17)26(33)34-27(2,3)4;1-14(27)24-22-21(23-26-18-9-5-6-10-19(18)28-23)17-12-11-16(13-20(17)29-22)25-15-7-3-2-4-8-15;1-13(26)23-21-20(22-25-17-4-2-3-5-18(17)28-22)16-7-6-15(12-19(16)29-21)24-14-8-10-27-11-9-14/h5-8,17-18,29H,9-15H2,1-4H3,(H,28,32);5-6,9-10,15-16,25H,2-4,7-8,11-13H2,1H3,(H,24,27);2-5,14-15,24H,6-12H2,1H3,(H,23,26). The summed E-state index contributed by atoms with van der Waals surface area (Å²) in [7, 11) is 0. The van der Waals surface area contributed by atoms with Crippen LogP contribution in [0.15, 0.2) is 72.8 Å². The highest BCUT2D eigenvalue weighted by atomic mass is 32.1. The van der Waals surface area contributed by atoms with Crippen molar-refractivity contribution in [3.05, 3.63) is 104 Å². The Kier molecular flexibility index (Phi) is 21.1. The van der Waals surface area contributed by atoms with Gasteiger partial charge in [-0.05, 0) is 170 Å². The van der Waals surface area contributed by atoms with E-state index in [0.29, 0.717) is 36.3 Å². The summed E-state index contributed by atoms with van der Waals surface area (Å²) in [5.74, 6) is -0.0898. The first-order chi connectivity index (χ1) is 45.5. The smallest absolute Gasteiger partial charge is 0.410 e. The zero-order chi connectivity index (χ0) is 65.0. The van der Waals surface area contributed by atoms with Crippen LogP contribution < -0.4 is 31.9 Å². The molecule has 15 rings (SSSR count). The average molecular weight is 1380 g/mol. The van der Waals surface area contributed by atoms with Gasteiger partial charge < -0.3 is 46.3 Å². The number of anilines is 3. The first-order valence-corrected chi connectivity index (χ1v) is 38.6. The Morgan fingerprint density at radius 2 is 0.809 bits per heavy atom. The molecule has 94 heavy (non-hydrogen) atoms. The van der Waals surface area contributed by atoms with Crippen molar-refractivity contribution >= 4 is 137 Å². The maximum atomic E-state index is 12.4. The van der Waals surface area contributed by atoms with E-state index in [2.05, 4.69) is 74.4 Å². The molecular weight excluding hydrogens is 1290 g/mol. The molecule has 3 atom stereocenters. The van der Waals surface area contributed by atoms with E-state index < -0.39 is 5.60 Å². The molecule has 2 saturated heterocycles. The summed E-state index contributed by atoms with van der Waals surface area (Å²) in [5, 5.41) is 26.8. The SMILES string of the molecule is CC(=O)Nc1sc2c(c1-c1nc3ccccc3s1)CCC(NC1CCCCC1)C2.CC(=O)Nc1sc2c(c1-c1nc3ccccc3s1)CCC(NC1CCN(C(=O)OC(C)(C)C)CC1)C2.CC(=O)Nc1sc2c(c1-c1nc3ccccc3s1)CCC(NC1CCOCC1)C2. The molecule has 3 aromatic carbocycles. The number of thiazole rings is 3. The molecule has 0 bridgehead atoms. The van der Waals surface area contributed by atoms with Gasteiger partial charge in [-0.2, -0.15) is 0 Å². The molecule has 1 saturated carbocycles. The number of ether oxygens (including phenoxy) is 2. The number of piperidine rings is 1. The lowest BCUT2D eigenvalue weighted by Crippen LogP contribution is -2.49. The molecule has 496 valence electrons. The largest absolute Gasteiger partial charge is 0.444 e. The minimum absolute atomic E-state index is 0.0113.